The number of urea groups is 1. The third kappa shape index (κ3) is 12.1. The van der Waals surface area contributed by atoms with E-state index in [9.17, 15) is 21.6 Å². The Bertz CT molecular complexity index is 2520. The summed E-state index contributed by atoms with van der Waals surface area (Å²) in [6.07, 6.45) is 13.5. The number of carbonyl (C=O) groups is 1. The van der Waals surface area contributed by atoms with Crippen molar-refractivity contribution in [3.8, 4) is 46.0 Å². The second kappa shape index (κ2) is 22.0. The number of aromatic nitrogens is 2. The number of hydrogen-bond acceptors (Lipinski definition) is 13. The Labute approximate surface area is 377 Å². The fourth-order valence-corrected chi connectivity index (χ4v) is 11.1. The molecule has 4 aromatic rings. The van der Waals surface area contributed by atoms with Gasteiger partial charge in [0.05, 0.1) is 30.4 Å². The van der Waals surface area contributed by atoms with E-state index < -0.39 is 31.3 Å². The number of carbonyl (C=O) groups excluding carboxylic acids is 1. The summed E-state index contributed by atoms with van der Waals surface area (Å²) in [5, 5.41) is 16.0. The lowest BCUT2D eigenvalue weighted by atomic mass is 9.98. The van der Waals surface area contributed by atoms with Gasteiger partial charge in [-0.2, -0.15) is 0 Å². The van der Waals surface area contributed by atoms with Gasteiger partial charge in [0.25, 0.3) is 6.26 Å². The second-order valence-electron chi connectivity index (χ2n) is 16.2. The van der Waals surface area contributed by atoms with Crippen LogP contribution in [0.5, 0.6) is 17.5 Å². The van der Waals surface area contributed by atoms with Crippen LogP contribution in [0, 0.1) is 11.5 Å². The monoisotopic (exact) mass is 916 g/mol. The average molecular weight is 917 g/mol. The van der Waals surface area contributed by atoms with Gasteiger partial charge in [0.2, 0.25) is 31.8 Å². The Kier molecular flexibility index (Phi) is 16.6. The van der Waals surface area contributed by atoms with Crippen molar-refractivity contribution in [2.24, 2.45) is 5.14 Å². The lowest BCUT2D eigenvalue weighted by molar-refractivity contribution is 0.240. The molecule has 4 heterocycles. The van der Waals surface area contributed by atoms with Crippen LogP contribution in [0.1, 0.15) is 74.6 Å². The summed E-state index contributed by atoms with van der Waals surface area (Å²) in [5.41, 5.74) is 8.83. The summed E-state index contributed by atoms with van der Waals surface area (Å²) in [5.74, 6) is 1.70. The Hall–Kier alpha value is -5.32. The van der Waals surface area contributed by atoms with Crippen molar-refractivity contribution >= 4 is 31.8 Å². The molecule has 344 valence electrons. The fraction of sp³-hybridized carbons (Fsp3) is 0.478. The minimum absolute atomic E-state index is 0.305. The van der Waals surface area contributed by atoms with Crippen molar-refractivity contribution in [2.75, 3.05) is 58.8 Å². The maximum absolute atomic E-state index is 12.8. The number of nitrogens with two attached hydrogens (primary N) is 1. The van der Waals surface area contributed by atoms with Crippen LogP contribution in [0.25, 0.3) is 22.3 Å². The molecule has 4 N–H and O–H groups in total. The largest absolute Gasteiger partial charge is 0.481 e. The number of primary sulfonamides is 1. The number of piperidine rings is 2. The fourth-order valence-electron chi connectivity index (χ4n) is 8.89. The standard InChI is InChI=1S/C23H30N4O4S.C16H14N2O2.C7H16N2O2S/c1-3-27-13-10-18(11-14-27)32(29,30)26-23(28)25-22-19-6-4-5-16(19)7-8-20(22)17-9-12-24-21(15-17)31-2;1-19-15-9-12(7-8-18-15)14-6-5-11-3-2-4-13(11)16(14)20-10-17;1-2-9-5-3-7(4-6-9)12(8,10)11/h7-9,12,15,18H,3-6,10-11,13-14H2,1-2H3,(H2,25,26,28);5-9H,2-4H2,1H3;7H,2-6H2,1H3,(H2,8,10,11). The number of nitriles is 1. The van der Waals surface area contributed by atoms with Crippen LogP contribution in [0.3, 0.4) is 0 Å². The topological polar surface area (TPSA) is 219 Å². The highest BCUT2D eigenvalue weighted by molar-refractivity contribution is 7.90. The van der Waals surface area contributed by atoms with E-state index in [-0.39, 0.29) is 5.25 Å². The van der Waals surface area contributed by atoms with E-state index >= 15 is 0 Å². The van der Waals surface area contributed by atoms with Crippen LogP contribution in [0.2, 0.25) is 0 Å². The molecule has 2 aromatic carbocycles. The molecule has 2 aromatic heterocycles. The van der Waals surface area contributed by atoms with Gasteiger partial charge in [0.15, 0.2) is 5.75 Å². The summed E-state index contributed by atoms with van der Waals surface area (Å²) in [7, 11) is -3.90. The molecular weight excluding hydrogens is 857 g/mol. The first-order valence-corrected chi connectivity index (χ1v) is 25.1. The van der Waals surface area contributed by atoms with Gasteiger partial charge in [-0.25, -0.2) is 41.5 Å². The number of pyridine rings is 2. The first-order chi connectivity index (χ1) is 30.8. The van der Waals surface area contributed by atoms with E-state index in [1.807, 2.05) is 30.3 Å². The van der Waals surface area contributed by atoms with Crippen LogP contribution in [0.15, 0.2) is 60.9 Å². The summed E-state index contributed by atoms with van der Waals surface area (Å²) >= 11 is 0. The number of amides is 2. The maximum Gasteiger partial charge on any atom is 0.332 e. The second-order valence-corrected chi connectivity index (χ2v) is 20.0. The molecule has 0 bridgehead atoms. The number of nitrogens with zero attached hydrogens (tertiary/aromatic N) is 5. The van der Waals surface area contributed by atoms with Gasteiger partial charge in [-0.3, -0.25) is 0 Å². The van der Waals surface area contributed by atoms with Gasteiger partial charge in [-0.15, -0.1) is 5.26 Å². The van der Waals surface area contributed by atoms with Gasteiger partial charge in [-0.1, -0.05) is 38.1 Å². The number of benzene rings is 2. The predicted octanol–water partition coefficient (Wildman–Crippen LogP) is 6.05. The van der Waals surface area contributed by atoms with Crippen molar-refractivity contribution in [1.29, 1.82) is 5.26 Å². The molecule has 2 amide bonds. The lowest BCUT2D eigenvalue weighted by Gasteiger charge is -2.30. The first-order valence-electron chi connectivity index (χ1n) is 21.9. The zero-order chi connectivity index (χ0) is 45.9. The number of likely N-dealkylation sites (tertiary alicyclic amines) is 2. The zero-order valence-electron chi connectivity index (χ0n) is 37.1. The Morgan fingerprint density at radius 3 is 1.77 bits per heavy atom. The van der Waals surface area contributed by atoms with Gasteiger partial charge < -0.3 is 29.3 Å². The summed E-state index contributed by atoms with van der Waals surface area (Å²) in [4.78, 5) is 25.6. The number of nitrogens with one attached hydrogen (secondary N) is 2. The number of sulfonamides is 2. The number of rotatable bonds is 11. The molecule has 0 radical (unpaired) electrons. The SMILES string of the molecule is CCN1CCC(S(=O)(=O)NC(=O)Nc2c(-c3ccnc(OC)c3)ccc3c2CCC3)CC1.CCN1CCC(S(N)(=O)=O)CC1.COc1cc(-c2ccc3c(c2OC#N)CCC3)ccn1. The molecule has 16 nitrogen and oxygen atoms in total. The van der Waals surface area contributed by atoms with E-state index in [2.05, 4.69) is 55.8 Å². The van der Waals surface area contributed by atoms with E-state index in [0.29, 0.717) is 48.9 Å². The number of fused-ring (bicyclic) bond motifs is 2. The van der Waals surface area contributed by atoms with Crippen molar-refractivity contribution in [1.82, 2.24) is 24.5 Å². The van der Waals surface area contributed by atoms with Crippen LogP contribution < -0.4 is 29.4 Å². The van der Waals surface area contributed by atoms with E-state index in [0.717, 1.165) is 111 Å². The minimum atomic E-state index is -3.76. The zero-order valence-corrected chi connectivity index (χ0v) is 38.8. The molecule has 64 heavy (non-hydrogen) atoms. The van der Waals surface area contributed by atoms with Crippen LogP contribution in [0.4, 0.5) is 10.5 Å². The minimum Gasteiger partial charge on any atom is -0.481 e. The Morgan fingerprint density at radius 1 is 0.750 bits per heavy atom. The molecule has 0 spiro atoms. The quantitative estimate of drug-likeness (QED) is 0.146. The number of ether oxygens (including phenoxy) is 3. The molecule has 0 atom stereocenters. The van der Waals surface area contributed by atoms with Gasteiger partial charge in [-0.05, 0) is 149 Å². The highest BCUT2D eigenvalue weighted by Gasteiger charge is 2.32. The molecule has 4 aliphatic rings. The van der Waals surface area contributed by atoms with E-state index in [1.54, 1.807) is 38.9 Å². The summed E-state index contributed by atoms with van der Waals surface area (Å²) < 4.78 is 65.5. The van der Waals surface area contributed by atoms with Crippen molar-refractivity contribution in [3.63, 3.8) is 0 Å². The van der Waals surface area contributed by atoms with Crippen molar-refractivity contribution in [2.45, 2.75) is 88.6 Å². The van der Waals surface area contributed by atoms with Crippen LogP contribution in [-0.2, 0) is 45.7 Å². The molecule has 2 saturated heterocycles. The highest BCUT2D eigenvalue weighted by Crippen LogP contribution is 2.40. The Balaban J connectivity index is 0.000000180. The molecule has 2 fully saturated rings. The lowest BCUT2D eigenvalue weighted by Crippen LogP contribution is -2.46. The van der Waals surface area contributed by atoms with Crippen LogP contribution in [-0.4, -0.2) is 107 Å². The molecule has 2 aliphatic heterocycles. The Morgan fingerprint density at radius 2 is 1.25 bits per heavy atom. The van der Waals surface area contributed by atoms with Gasteiger partial charge in [0.1, 0.15) is 0 Å². The molecule has 0 unspecified atom stereocenters. The number of hydrogen-bond donors (Lipinski definition) is 3. The number of anilines is 1. The molecule has 8 rings (SSSR count). The van der Waals surface area contributed by atoms with Gasteiger partial charge in [0, 0.05) is 35.7 Å². The summed E-state index contributed by atoms with van der Waals surface area (Å²) in [6, 6.07) is 14.8. The number of methoxy groups -OCH3 is 2. The van der Waals surface area contributed by atoms with Crippen LogP contribution >= 0.6 is 0 Å². The third-order valence-electron chi connectivity index (χ3n) is 12.5. The first kappa shape index (κ1) is 48.1. The summed E-state index contributed by atoms with van der Waals surface area (Å²) in [6.45, 7) is 9.22. The molecular formula is C46H60N8O8S2. The van der Waals surface area contributed by atoms with E-state index in [1.165, 1.54) is 11.1 Å². The maximum atomic E-state index is 12.8. The normalized spacial score (nSPS) is 16.8. The predicted molar refractivity (Wildman–Crippen MR) is 247 cm³/mol. The van der Waals surface area contributed by atoms with Crippen molar-refractivity contribution in [3.05, 3.63) is 83.2 Å². The van der Waals surface area contributed by atoms with Gasteiger partial charge >= 0.3 is 6.03 Å². The van der Waals surface area contributed by atoms with Crippen molar-refractivity contribution < 1.29 is 35.8 Å². The molecule has 18 heteroatoms. The highest BCUT2D eigenvalue weighted by atomic mass is 32.2. The molecule has 0 saturated carbocycles. The van der Waals surface area contributed by atoms with E-state index in [4.69, 9.17) is 24.6 Å². The molecule has 2 aliphatic carbocycles. The average Bonchev–Trinajstić information content (AvgIpc) is 4.00. The number of aryl methyl sites for hydroxylation is 2. The third-order valence-corrected chi connectivity index (χ3v) is 15.7. The smallest absolute Gasteiger partial charge is 0.332 e.